The molecule has 2 heterocycles. The summed E-state index contributed by atoms with van der Waals surface area (Å²) in [6.45, 7) is 3.57. The van der Waals surface area contributed by atoms with Crippen molar-refractivity contribution in [2.75, 3.05) is 11.1 Å². The minimum absolute atomic E-state index is 0.393. The molecular weight excluding hydrogens is 633 g/mol. The van der Waals surface area contributed by atoms with E-state index in [0.717, 1.165) is 51.2 Å². The molecule has 0 aliphatic heterocycles. The zero-order valence-electron chi connectivity index (χ0n) is 24.4. The predicted octanol–water partition coefficient (Wildman–Crippen LogP) is 10.0. The number of hydrogen-bond acceptors (Lipinski definition) is 6. The summed E-state index contributed by atoms with van der Waals surface area (Å²) in [6, 6.07) is 24.8. The van der Waals surface area contributed by atoms with Crippen LogP contribution in [0.15, 0.2) is 99.8 Å². The van der Waals surface area contributed by atoms with E-state index in [0.29, 0.717) is 38.6 Å². The van der Waals surface area contributed by atoms with Crippen LogP contribution in [0.4, 0.5) is 20.2 Å². The molecule has 0 bridgehead atoms. The molecule has 0 saturated carbocycles. The van der Waals surface area contributed by atoms with Gasteiger partial charge >= 0.3 is 0 Å². The second kappa shape index (κ2) is 12.6. The number of anilines is 2. The second-order valence-corrected chi connectivity index (χ2v) is 11.1. The molecule has 46 heavy (non-hydrogen) atoms. The Kier molecular flexibility index (Phi) is 8.44. The number of nitrogens with one attached hydrogen (secondary N) is 1. The summed E-state index contributed by atoms with van der Waals surface area (Å²) < 4.78 is 38.5. The number of carbonyl (C=O) groups excluding carboxylic acids is 1. The maximum atomic E-state index is 13.7. The SMILES string of the molecule is Cc1nc2cc(Cl)c(-c3ccc(N)cc3)cc2o1.Cc1nc2cc(Cl)c(-c3ccc(NC(=O)c4c(F)cccc4F)cc3)cc2o1. The molecule has 0 aliphatic carbocycles. The van der Waals surface area contributed by atoms with Gasteiger partial charge in [-0.15, -0.1) is 0 Å². The Morgan fingerprint density at radius 1 is 0.717 bits per heavy atom. The Labute approximate surface area is 271 Å². The third kappa shape index (κ3) is 6.42. The molecule has 7 rings (SSSR count). The quantitative estimate of drug-likeness (QED) is 0.183. The largest absolute Gasteiger partial charge is 0.441 e. The Bertz CT molecular complexity index is 2210. The van der Waals surface area contributed by atoms with Gasteiger partial charge in [0.1, 0.15) is 28.2 Å². The number of oxazole rings is 2. The molecule has 2 aromatic heterocycles. The van der Waals surface area contributed by atoms with Crippen molar-refractivity contribution in [1.29, 1.82) is 0 Å². The van der Waals surface area contributed by atoms with E-state index in [1.54, 1.807) is 43.3 Å². The minimum Gasteiger partial charge on any atom is -0.441 e. The molecule has 0 unspecified atom stereocenters. The van der Waals surface area contributed by atoms with Crippen LogP contribution in [0.25, 0.3) is 44.5 Å². The lowest BCUT2D eigenvalue weighted by molar-refractivity contribution is 0.101. The molecular formula is C35H24Cl2F2N4O3. The number of aromatic nitrogens is 2. The van der Waals surface area contributed by atoms with E-state index in [1.807, 2.05) is 43.3 Å². The van der Waals surface area contributed by atoms with Gasteiger partial charge in [0.05, 0.1) is 10.0 Å². The van der Waals surface area contributed by atoms with Crippen molar-refractivity contribution in [3.05, 3.63) is 130 Å². The van der Waals surface area contributed by atoms with E-state index in [2.05, 4.69) is 15.3 Å². The van der Waals surface area contributed by atoms with Gasteiger partial charge in [0.15, 0.2) is 22.9 Å². The second-order valence-electron chi connectivity index (χ2n) is 10.3. The fourth-order valence-electron chi connectivity index (χ4n) is 4.87. The van der Waals surface area contributed by atoms with Crippen molar-refractivity contribution >= 4 is 62.7 Å². The highest BCUT2D eigenvalue weighted by Gasteiger charge is 2.17. The highest BCUT2D eigenvalue weighted by Crippen LogP contribution is 2.34. The van der Waals surface area contributed by atoms with Gasteiger partial charge in [-0.25, -0.2) is 18.7 Å². The van der Waals surface area contributed by atoms with Crippen LogP contribution >= 0.6 is 23.2 Å². The molecule has 7 nitrogen and oxygen atoms in total. The number of rotatable bonds is 4. The zero-order valence-corrected chi connectivity index (χ0v) is 25.9. The number of nitrogen functional groups attached to an aromatic ring is 1. The molecule has 0 atom stereocenters. The van der Waals surface area contributed by atoms with Gasteiger partial charge in [0, 0.05) is 36.3 Å². The lowest BCUT2D eigenvalue weighted by Crippen LogP contribution is -2.15. The predicted molar refractivity (Wildman–Crippen MR) is 177 cm³/mol. The molecule has 0 fully saturated rings. The van der Waals surface area contributed by atoms with Gasteiger partial charge in [-0.1, -0.05) is 53.5 Å². The molecule has 3 N–H and O–H groups in total. The summed E-state index contributed by atoms with van der Waals surface area (Å²) in [4.78, 5) is 20.7. The first-order valence-corrected chi connectivity index (χ1v) is 14.7. The number of fused-ring (bicyclic) bond motifs is 2. The summed E-state index contributed by atoms with van der Waals surface area (Å²) in [5.41, 5.74) is 12.4. The molecule has 0 saturated heterocycles. The third-order valence-electron chi connectivity index (χ3n) is 7.03. The van der Waals surface area contributed by atoms with Gasteiger partial charge in [0.25, 0.3) is 5.91 Å². The average molecular weight is 658 g/mol. The Morgan fingerprint density at radius 3 is 1.65 bits per heavy atom. The number of aryl methyl sites for hydroxylation is 2. The number of benzene rings is 5. The van der Waals surface area contributed by atoms with Crippen molar-refractivity contribution in [2.45, 2.75) is 13.8 Å². The van der Waals surface area contributed by atoms with Crippen LogP contribution in [0.2, 0.25) is 10.0 Å². The van der Waals surface area contributed by atoms with Crippen LogP contribution in [0.1, 0.15) is 22.1 Å². The molecule has 230 valence electrons. The molecule has 0 spiro atoms. The number of nitrogens with two attached hydrogens (primary N) is 1. The summed E-state index contributed by atoms with van der Waals surface area (Å²) in [7, 11) is 0. The third-order valence-corrected chi connectivity index (χ3v) is 7.66. The minimum atomic E-state index is -0.920. The zero-order chi connectivity index (χ0) is 32.5. The molecule has 5 aromatic carbocycles. The van der Waals surface area contributed by atoms with Crippen molar-refractivity contribution in [1.82, 2.24) is 9.97 Å². The first-order valence-electron chi connectivity index (χ1n) is 13.9. The first kappa shape index (κ1) is 30.8. The summed E-state index contributed by atoms with van der Waals surface area (Å²) >= 11 is 12.6. The van der Waals surface area contributed by atoms with E-state index >= 15 is 0 Å². The van der Waals surface area contributed by atoms with Crippen molar-refractivity contribution in [3.63, 3.8) is 0 Å². The molecule has 0 aliphatic rings. The van der Waals surface area contributed by atoms with Gasteiger partial charge in [-0.2, -0.15) is 0 Å². The van der Waals surface area contributed by atoms with E-state index < -0.39 is 23.1 Å². The number of hydrogen-bond donors (Lipinski definition) is 2. The van der Waals surface area contributed by atoms with E-state index in [4.69, 9.17) is 37.8 Å². The first-order chi connectivity index (χ1) is 22.0. The Hall–Kier alpha value is -5.25. The lowest BCUT2D eigenvalue weighted by atomic mass is 10.0. The van der Waals surface area contributed by atoms with Gasteiger partial charge < -0.3 is 19.9 Å². The van der Waals surface area contributed by atoms with Crippen LogP contribution in [0, 0.1) is 25.5 Å². The highest BCUT2D eigenvalue weighted by molar-refractivity contribution is 6.34. The van der Waals surface area contributed by atoms with Crippen LogP contribution in [0.3, 0.4) is 0 Å². The van der Waals surface area contributed by atoms with Gasteiger partial charge in [-0.05, 0) is 71.8 Å². The van der Waals surface area contributed by atoms with Crippen LogP contribution < -0.4 is 11.1 Å². The fourth-order valence-corrected chi connectivity index (χ4v) is 5.41. The van der Waals surface area contributed by atoms with Gasteiger partial charge in [0.2, 0.25) is 0 Å². The summed E-state index contributed by atoms with van der Waals surface area (Å²) in [6.07, 6.45) is 0. The average Bonchev–Trinajstić information content (AvgIpc) is 3.56. The maximum absolute atomic E-state index is 13.7. The Morgan fingerprint density at radius 2 is 1.17 bits per heavy atom. The molecule has 11 heteroatoms. The topological polar surface area (TPSA) is 107 Å². The molecule has 0 radical (unpaired) electrons. The van der Waals surface area contributed by atoms with Gasteiger partial charge in [-0.3, -0.25) is 4.79 Å². The lowest BCUT2D eigenvalue weighted by Gasteiger charge is -2.09. The summed E-state index contributed by atoms with van der Waals surface area (Å²) in [5, 5.41) is 3.64. The molecule has 7 aromatic rings. The number of nitrogens with zero attached hydrogens (tertiary/aromatic N) is 2. The number of amides is 1. The number of halogens is 4. The van der Waals surface area contributed by atoms with Crippen molar-refractivity contribution in [2.24, 2.45) is 0 Å². The normalized spacial score (nSPS) is 11.0. The van der Waals surface area contributed by atoms with E-state index in [-0.39, 0.29) is 0 Å². The van der Waals surface area contributed by atoms with Crippen LogP contribution in [-0.2, 0) is 0 Å². The Balaban J connectivity index is 0.000000178. The smallest absolute Gasteiger partial charge is 0.261 e. The standard InChI is InChI=1S/C21H13ClF2N2O2.C14H11ClN2O/c1-11-25-18-10-15(22)14(9-19(18)28-11)12-5-7-13(8-6-12)26-21(27)20-16(23)3-2-4-17(20)24;1-8-17-13-7-12(15)11(6-14(13)18-8)9-2-4-10(16)5-3-9/h2-10H,1H3,(H,26,27);2-7H,16H2,1H3. The monoisotopic (exact) mass is 656 g/mol. The highest BCUT2D eigenvalue weighted by atomic mass is 35.5. The van der Waals surface area contributed by atoms with E-state index in [1.165, 1.54) is 6.07 Å². The maximum Gasteiger partial charge on any atom is 0.261 e. The fraction of sp³-hybridized carbons (Fsp3) is 0.0571. The molecule has 1 amide bonds. The van der Waals surface area contributed by atoms with Crippen LogP contribution in [-0.4, -0.2) is 15.9 Å². The van der Waals surface area contributed by atoms with Crippen molar-refractivity contribution in [3.8, 4) is 22.3 Å². The number of carbonyl (C=O) groups is 1. The van der Waals surface area contributed by atoms with Crippen molar-refractivity contribution < 1.29 is 22.4 Å². The van der Waals surface area contributed by atoms with Crippen LogP contribution in [0.5, 0.6) is 0 Å². The summed E-state index contributed by atoms with van der Waals surface area (Å²) in [5.74, 6) is -1.52. The van der Waals surface area contributed by atoms with E-state index in [9.17, 15) is 13.6 Å².